The zero-order chi connectivity index (χ0) is 13.2. The molecule has 3 rings (SSSR count). The minimum Gasteiger partial charge on any atom is -0.461 e. The summed E-state index contributed by atoms with van der Waals surface area (Å²) in [6, 6.07) is 3.53. The molecule has 19 heavy (non-hydrogen) atoms. The molecule has 9 heteroatoms. The molecule has 1 atom stereocenters. The van der Waals surface area contributed by atoms with E-state index in [-0.39, 0.29) is 11.2 Å². The maximum absolute atomic E-state index is 5.45. The van der Waals surface area contributed by atoms with Gasteiger partial charge in [0.15, 0.2) is 5.76 Å². The number of hydrogen-bond acceptors (Lipinski definition) is 8. The Balaban J connectivity index is 1.75. The lowest BCUT2D eigenvalue weighted by Crippen LogP contribution is -1.90. The number of thioether (sulfide) groups is 1. The van der Waals surface area contributed by atoms with Gasteiger partial charge in [-0.15, -0.1) is 5.10 Å². The molecule has 0 aliphatic carbocycles. The molecule has 98 valence electrons. The topological polar surface area (TPSA) is 120 Å². The van der Waals surface area contributed by atoms with Crippen LogP contribution in [0.1, 0.15) is 18.1 Å². The highest BCUT2D eigenvalue weighted by molar-refractivity contribution is 7.99. The molecule has 0 fully saturated rings. The van der Waals surface area contributed by atoms with Crippen LogP contribution < -0.4 is 5.73 Å². The minimum absolute atomic E-state index is 0.0913. The van der Waals surface area contributed by atoms with Gasteiger partial charge in [0.05, 0.1) is 11.5 Å². The lowest BCUT2D eigenvalue weighted by molar-refractivity contribution is 0.379. The molecule has 3 aromatic heterocycles. The first-order valence-corrected chi connectivity index (χ1v) is 6.32. The number of furan rings is 1. The smallest absolute Gasteiger partial charge is 0.240 e. The largest absolute Gasteiger partial charge is 0.461 e. The highest BCUT2D eigenvalue weighted by Crippen LogP contribution is 2.32. The molecule has 0 aliphatic rings. The van der Waals surface area contributed by atoms with E-state index in [2.05, 4.69) is 25.3 Å². The fourth-order valence-electron chi connectivity index (χ4n) is 1.43. The van der Waals surface area contributed by atoms with Gasteiger partial charge in [0.25, 0.3) is 0 Å². The van der Waals surface area contributed by atoms with Crippen molar-refractivity contribution in [1.82, 2.24) is 25.3 Å². The van der Waals surface area contributed by atoms with Crippen molar-refractivity contribution >= 4 is 17.7 Å². The van der Waals surface area contributed by atoms with E-state index in [0.717, 1.165) is 0 Å². The van der Waals surface area contributed by atoms with Crippen molar-refractivity contribution in [2.75, 3.05) is 5.73 Å². The van der Waals surface area contributed by atoms with E-state index in [1.54, 1.807) is 18.4 Å². The molecule has 0 unspecified atom stereocenters. The Hall–Kier alpha value is -2.29. The molecule has 0 saturated carbocycles. The summed E-state index contributed by atoms with van der Waals surface area (Å²) in [6.45, 7) is 1.91. The molecule has 8 nitrogen and oxygen atoms in total. The van der Waals surface area contributed by atoms with E-state index in [9.17, 15) is 0 Å². The van der Waals surface area contributed by atoms with Crippen LogP contribution >= 0.6 is 11.8 Å². The number of nitrogens with one attached hydrogen (secondary N) is 1. The van der Waals surface area contributed by atoms with Gasteiger partial charge in [0.2, 0.25) is 22.8 Å². The second-order valence-corrected chi connectivity index (χ2v) is 5.00. The second kappa shape index (κ2) is 4.76. The molecule has 0 spiro atoms. The lowest BCUT2D eigenvalue weighted by Gasteiger charge is -2.00. The lowest BCUT2D eigenvalue weighted by atomic mass is 10.4. The fourth-order valence-corrected chi connectivity index (χ4v) is 2.19. The van der Waals surface area contributed by atoms with Gasteiger partial charge in [-0.1, -0.05) is 16.9 Å². The van der Waals surface area contributed by atoms with Gasteiger partial charge in [-0.25, -0.2) is 5.10 Å². The van der Waals surface area contributed by atoms with Gasteiger partial charge in [0.1, 0.15) is 0 Å². The van der Waals surface area contributed by atoms with Crippen LogP contribution in [0, 0.1) is 0 Å². The summed E-state index contributed by atoms with van der Waals surface area (Å²) in [5.74, 6) is 1.73. The average molecular weight is 278 g/mol. The number of hydrogen-bond donors (Lipinski definition) is 2. The van der Waals surface area contributed by atoms with E-state index in [1.165, 1.54) is 11.8 Å². The Kier molecular flexibility index (Phi) is 2.95. The van der Waals surface area contributed by atoms with Gasteiger partial charge in [-0.2, -0.15) is 9.97 Å². The molecule has 3 N–H and O–H groups in total. The summed E-state index contributed by atoms with van der Waals surface area (Å²) in [5, 5.41) is 10.8. The number of nitrogens with zero attached hydrogens (tertiary/aromatic N) is 4. The SMILES string of the molecule is C[C@H](Sc1n[nH]c(N)n1)c1nc(-c2ccco2)no1. The van der Waals surface area contributed by atoms with Crippen LogP contribution in [0.4, 0.5) is 5.95 Å². The van der Waals surface area contributed by atoms with Crippen molar-refractivity contribution in [3.8, 4) is 11.6 Å². The quantitative estimate of drug-likeness (QED) is 0.694. The van der Waals surface area contributed by atoms with E-state index in [1.807, 2.05) is 6.92 Å². The van der Waals surface area contributed by atoms with Gasteiger partial charge < -0.3 is 14.7 Å². The Morgan fingerprint density at radius 2 is 2.32 bits per heavy atom. The van der Waals surface area contributed by atoms with Crippen molar-refractivity contribution in [1.29, 1.82) is 0 Å². The molecule has 0 amide bonds. The normalized spacial score (nSPS) is 12.7. The van der Waals surface area contributed by atoms with E-state index >= 15 is 0 Å². The van der Waals surface area contributed by atoms with Crippen molar-refractivity contribution < 1.29 is 8.94 Å². The van der Waals surface area contributed by atoms with Crippen LogP contribution in [0.25, 0.3) is 11.6 Å². The van der Waals surface area contributed by atoms with Crippen LogP contribution in [0.3, 0.4) is 0 Å². The number of H-pyrrole nitrogens is 1. The molecule has 0 radical (unpaired) electrons. The number of nitrogen functional groups attached to an aromatic ring is 1. The van der Waals surface area contributed by atoms with Crippen LogP contribution in [0.15, 0.2) is 32.5 Å². The van der Waals surface area contributed by atoms with Crippen LogP contribution in [-0.2, 0) is 0 Å². The summed E-state index contributed by atoms with van der Waals surface area (Å²) in [5.41, 5.74) is 5.45. The maximum atomic E-state index is 5.45. The zero-order valence-electron chi connectivity index (χ0n) is 9.90. The zero-order valence-corrected chi connectivity index (χ0v) is 10.7. The molecule has 0 bridgehead atoms. The highest BCUT2D eigenvalue weighted by Gasteiger charge is 2.19. The third-order valence-electron chi connectivity index (χ3n) is 2.30. The summed E-state index contributed by atoms with van der Waals surface area (Å²) >= 11 is 1.37. The average Bonchev–Trinajstić information content (AvgIpc) is 3.08. The number of nitrogens with two attached hydrogens (primary N) is 1. The molecule has 3 heterocycles. The second-order valence-electron chi connectivity index (χ2n) is 3.70. The Bertz CT molecular complexity index is 661. The molecule has 0 saturated heterocycles. The van der Waals surface area contributed by atoms with Crippen molar-refractivity contribution in [2.45, 2.75) is 17.3 Å². The monoisotopic (exact) mass is 278 g/mol. The Morgan fingerprint density at radius 1 is 1.42 bits per heavy atom. The number of rotatable bonds is 4. The van der Waals surface area contributed by atoms with E-state index in [0.29, 0.717) is 22.6 Å². The number of anilines is 1. The Labute approximate surface area is 111 Å². The highest BCUT2D eigenvalue weighted by atomic mass is 32.2. The van der Waals surface area contributed by atoms with Gasteiger partial charge in [-0.05, 0) is 19.1 Å². The first-order chi connectivity index (χ1) is 9.22. The number of aromatic amines is 1. The third-order valence-corrected chi connectivity index (χ3v) is 3.24. The van der Waals surface area contributed by atoms with Crippen molar-refractivity contribution in [3.05, 3.63) is 24.3 Å². The van der Waals surface area contributed by atoms with Gasteiger partial charge >= 0.3 is 0 Å². The van der Waals surface area contributed by atoms with E-state index < -0.39 is 0 Å². The van der Waals surface area contributed by atoms with Crippen LogP contribution in [-0.4, -0.2) is 25.3 Å². The fraction of sp³-hybridized carbons (Fsp3) is 0.200. The summed E-state index contributed by atoms with van der Waals surface area (Å²) < 4.78 is 10.4. The molecular formula is C10H10N6O2S. The maximum Gasteiger partial charge on any atom is 0.240 e. The third kappa shape index (κ3) is 2.45. The van der Waals surface area contributed by atoms with Gasteiger partial charge in [-0.3, -0.25) is 0 Å². The van der Waals surface area contributed by atoms with E-state index in [4.69, 9.17) is 14.7 Å². The van der Waals surface area contributed by atoms with Gasteiger partial charge in [0, 0.05) is 0 Å². The Morgan fingerprint density at radius 3 is 3.00 bits per heavy atom. The summed E-state index contributed by atoms with van der Waals surface area (Å²) in [6.07, 6.45) is 1.56. The van der Waals surface area contributed by atoms with Crippen molar-refractivity contribution in [3.63, 3.8) is 0 Å². The van der Waals surface area contributed by atoms with Crippen LogP contribution in [0.2, 0.25) is 0 Å². The predicted octanol–water partition coefficient (Wildman–Crippen LogP) is 1.88. The molecular weight excluding hydrogens is 268 g/mol. The molecule has 0 aliphatic heterocycles. The predicted molar refractivity (Wildman–Crippen MR) is 67.1 cm³/mol. The van der Waals surface area contributed by atoms with Crippen LogP contribution in [0.5, 0.6) is 0 Å². The van der Waals surface area contributed by atoms with Crippen molar-refractivity contribution in [2.24, 2.45) is 0 Å². The summed E-state index contributed by atoms with van der Waals surface area (Å²) in [7, 11) is 0. The minimum atomic E-state index is -0.0913. The molecule has 3 aromatic rings. The standard InChI is InChI=1S/C10H10N6O2S/c1-5(19-10-13-9(11)14-15-10)8-12-7(16-18-8)6-3-2-4-17-6/h2-5H,1H3,(H3,11,13,14,15)/t5-/m0/s1. The first-order valence-electron chi connectivity index (χ1n) is 5.44. The molecule has 0 aromatic carbocycles. The number of aromatic nitrogens is 5. The first kappa shape index (κ1) is 11.8. The summed E-state index contributed by atoms with van der Waals surface area (Å²) in [4.78, 5) is 8.26.